The summed E-state index contributed by atoms with van der Waals surface area (Å²) >= 11 is 0. The Bertz CT molecular complexity index is 167. The van der Waals surface area contributed by atoms with Crippen LogP contribution in [0.2, 0.25) is 0 Å². The second-order valence-electron chi connectivity index (χ2n) is 5.31. The monoisotopic (exact) mass is 168 g/mol. The highest BCUT2D eigenvalue weighted by Gasteiger charge is 2.38. The van der Waals surface area contributed by atoms with E-state index in [-0.39, 0.29) is 0 Å². The fourth-order valence-electron chi connectivity index (χ4n) is 1.84. The number of hydrogen-bond donors (Lipinski definition) is 1. The molecule has 0 amide bonds. The number of nitrogens with zero attached hydrogens (tertiary/aromatic N) is 1. The lowest BCUT2D eigenvalue weighted by molar-refractivity contribution is 0.209. The Labute approximate surface area is 75.3 Å². The van der Waals surface area contributed by atoms with Gasteiger partial charge in [-0.2, -0.15) is 0 Å². The van der Waals surface area contributed by atoms with E-state index < -0.39 is 0 Å². The van der Waals surface area contributed by atoms with Gasteiger partial charge < -0.3 is 0 Å². The number of nitrogens with one attached hydrogen (secondary N) is 1. The van der Waals surface area contributed by atoms with E-state index in [4.69, 9.17) is 0 Å². The summed E-state index contributed by atoms with van der Waals surface area (Å²) in [6.45, 7) is 9.47. The van der Waals surface area contributed by atoms with E-state index in [2.05, 4.69) is 31.2 Å². The molecule has 70 valence electrons. The minimum atomic E-state index is 0.469. The maximum atomic E-state index is 3.51. The maximum absolute atomic E-state index is 3.51. The number of rotatable bonds is 1. The first kappa shape index (κ1) is 8.52. The quantitative estimate of drug-likeness (QED) is 0.640. The van der Waals surface area contributed by atoms with Crippen molar-refractivity contribution in [3.8, 4) is 0 Å². The molecule has 1 N–H and O–H groups in total. The van der Waals surface area contributed by atoms with Gasteiger partial charge in [-0.25, -0.2) is 5.01 Å². The Hall–Kier alpha value is -0.0800. The van der Waals surface area contributed by atoms with Crippen LogP contribution in [-0.4, -0.2) is 24.1 Å². The van der Waals surface area contributed by atoms with E-state index in [1.807, 2.05) is 0 Å². The van der Waals surface area contributed by atoms with Crippen LogP contribution in [0.25, 0.3) is 0 Å². The standard InChI is InChI=1S/C10H20N2/c1-10(2,3)8-6-11-12(7-8)9-4-5-9/h8-9,11H,4-7H2,1-3H3. The summed E-state index contributed by atoms with van der Waals surface area (Å²) in [5.74, 6) is 0.832. The van der Waals surface area contributed by atoms with Gasteiger partial charge in [0.1, 0.15) is 0 Å². The highest BCUT2D eigenvalue weighted by Crippen LogP contribution is 2.34. The summed E-state index contributed by atoms with van der Waals surface area (Å²) < 4.78 is 0. The van der Waals surface area contributed by atoms with Crippen molar-refractivity contribution < 1.29 is 0 Å². The highest BCUT2D eigenvalue weighted by molar-refractivity contribution is 4.90. The zero-order chi connectivity index (χ0) is 8.77. The molecule has 12 heavy (non-hydrogen) atoms. The lowest BCUT2D eigenvalue weighted by atomic mass is 9.81. The summed E-state index contributed by atoms with van der Waals surface area (Å²) in [5, 5.41) is 2.45. The predicted molar refractivity (Wildman–Crippen MR) is 50.7 cm³/mol. The van der Waals surface area contributed by atoms with E-state index in [0.29, 0.717) is 5.41 Å². The molecule has 2 heteroatoms. The second kappa shape index (κ2) is 2.71. The molecular weight excluding hydrogens is 148 g/mol. The van der Waals surface area contributed by atoms with Gasteiger partial charge in [0.15, 0.2) is 0 Å². The molecular formula is C10H20N2. The van der Waals surface area contributed by atoms with Crippen LogP contribution >= 0.6 is 0 Å². The van der Waals surface area contributed by atoms with Crippen molar-refractivity contribution in [2.45, 2.75) is 39.7 Å². The molecule has 0 aromatic heterocycles. The van der Waals surface area contributed by atoms with Crippen LogP contribution in [0.5, 0.6) is 0 Å². The Kier molecular flexibility index (Phi) is 1.92. The maximum Gasteiger partial charge on any atom is 0.0244 e. The zero-order valence-corrected chi connectivity index (χ0v) is 8.43. The lowest BCUT2D eigenvalue weighted by Crippen LogP contribution is -2.32. The Morgan fingerprint density at radius 1 is 1.25 bits per heavy atom. The number of hydrogen-bond acceptors (Lipinski definition) is 2. The van der Waals surface area contributed by atoms with Crippen molar-refractivity contribution in [3.63, 3.8) is 0 Å². The van der Waals surface area contributed by atoms with Crippen LogP contribution in [0.4, 0.5) is 0 Å². The average molecular weight is 168 g/mol. The second-order valence-corrected chi connectivity index (χ2v) is 5.31. The van der Waals surface area contributed by atoms with Gasteiger partial charge in [0, 0.05) is 19.1 Å². The molecule has 2 aliphatic rings. The highest BCUT2D eigenvalue weighted by atomic mass is 15.6. The smallest absolute Gasteiger partial charge is 0.0244 e. The Balaban J connectivity index is 1.88. The van der Waals surface area contributed by atoms with E-state index in [9.17, 15) is 0 Å². The zero-order valence-electron chi connectivity index (χ0n) is 8.43. The van der Waals surface area contributed by atoms with Gasteiger partial charge in [0.2, 0.25) is 0 Å². The van der Waals surface area contributed by atoms with Gasteiger partial charge in [-0.05, 0) is 24.2 Å². The van der Waals surface area contributed by atoms with Crippen LogP contribution in [0.15, 0.2) is 0 Å². The fraction of sp³-hybridized carbons (Fsp3) is 1.00. The third-order valence-electron chi connectivity index (χ3n) is 3.17. The van der Waals surface area contributed by atoms with Crippen LogP contribution < -0.4 is 5.43 Å². The number of hydrazine groups is 1. The molecule has 2 rings (SSSR count). The van der Waals surface area contributed by atoms with Gasteiger partial charge in [0.05, 0.1) is 0 Å². The molecule has 0 radical (unpaired) electrons. The Morgan fingerprint density at radius 3 is 2.33 bits per heavy atom. The first-order valence-electron chi connectivity index (χ1n) is 5.07. The van der Waals surface area contributed by atoms with Crippen molar-refractivity contribution in [2.24, 2.45) is 11.3 Å². The van der Waals surface area contributed by atoms with E-state index in [1.54, 1.807) is 0 Å². The van der Waals surface area contributed by atoms with Crippen molar-refractivity contribution in [1.82, 2.24) is 10.4 Å². The average Bonchev–Trinajstić information content (AvgIpc) is 2.66. The molecule has 1 atom stereocenters. The van der Waals surface area contributed by atoms with E-state index in [1.165, 1.54) is 25.9 Å². The van der Waals surface area contributed by atoms with Crippen LogP contribution in [0.3, 0.4) is 0 Å². The van der Waals surface area contributed by atoms with Gasteiger partial charge in [-0.15, -0.1) is 0 Å². The predicted octanol–water partition coefficient (Wildman–Crippen LogP) is 1.63. The first-order valence-corrected chi connectivity index (χ1v) is 5.07. The summed E-state index contributed by atoms with van der Waals surface area (Å²) in [6, 6.07) is 0.873. The normalized spacial score (nSPS) is 32.8. The van der Waals surface area contributed by atoms with E-state index in [0.717, 1.165) is 12.0 Å². The molecule has 0 bridgehead atoms. The van der Waals surface area contributed by atoms with Crippen molar-refractivity contribution in [2.75, 3.05) is 13.1 Å². The van der Waals surface area contributed by atoms with Crippen LogP contribution in [0, 0.1) is 11.3 Å². The first-order chi connectivity index (χ1) is 5.57. The SMILES string of the molecule is CC(C)(C)C1CNN(C2CC2)C1. The molecule has 0 spiro atoms. The van der Waals surface area contributed by atoms with Crippen molar-refractivity contribution in [1.29, 1.82) is 0 Å². The molecule has 0 aromatic rings. The molecule has 2 fully saturated rings. The molecule has 1 unspecified atom stereocenters. The Morgan fingerprint density at radius 2 is 1.92 bits per heavy atom. The lowest BCUT2D eigenvalue weighted by Gasteiger charge is -2.25. The minimum absolute atomic E-state index is 0.469. The largest absolute Gasteiger partial charge is 0.255 e. The molecule has 1 saturated heterocycles. The topological polar surface area (TPSA) is 15.3 Å². The van der Waals surface area contributed by atoms with Crippen LogP contribution in [-0.2, 0) is 0 Å². The molecule has 1 saturated carbocycles. The van der Waals surface area contributed by atoms with Gasteiger partial charge in [0.25, 0.3) is 0 Å². The third kappa shape index (κ3) is 1.64. The molecule has 1 aliphatic heterocycles. The van der Waals surface area contributed by atoms with Gasteiger partial charge in [-0.3, -0.25) is 5.43 Å². The minimum Gasteiger partial charge on any atom is -0.255 e. The summed E-state index contributed by atoms with van der Waals surface area (Å²) in [7, 11) is 0. The van der Waals surface area contributed by atoms with Crippen molar-refractivity contribution in [3.05, 3.63) is 0 Å². The van der Waals surface area contributed by atoms with Crippen LogP contribution in [0.1, 0.15) is 33.6 Å². The van der Waals surface area contributed by atoms with Crippen molar-refractivity contribution >= 4 is 0 Å². The molecule has 0 aromatic carbocycles. The molecule has 2 nitrogen and oxygen atoms in total. The molecule has 1 heterocycles. The summed E-state index contributed by atoms with van der Waals surface area (Å²) in [4.78, 5) is 0. The molecule has 1 aliphatic carbocycles. The summed E-state index contributed by atoms with van der Waals surface area (Å²) in [6.07, 6.45) is 2.81. The third-order valence-corrected chi connectivity index (χ3v) is 3.17. The van der Waals surface area contributed by atoms with Gasteiger partial charge >= 0.3 is 0 Å². The van der Waals surface area contributed by atoms with E-state index >= 15 is 0 Å². The fourth-order valence-corrected chi connectivity index (χ4v) is 1.84. The van der Waals surface area contributed by atoms with Gasteiger partial charge in [-0.1, -0.05) is 20.8 Å². The summed E-state index contributed by atoms with van der Waals surface area (Å²) in [5.41, 5.74) is 3.98.